The van der Waals surface area contributed by atoms with Crippen molar-refractivity contribution in [2.75, 3.05) is 17.1 Å². The van der Waals surface area contributed by atoms with Crippen molar-refractivity contribution in [3.63, 3.8) is 0 Å². The lowest BCUT2D eigenvalue weighted by Crippen LogP contribution is -2.51. The number of para-hydroxylation sites is 1. The topological polar surface area (TPSA) is 98.7 Å². The molecule has 0 radical (unpaired) electrons. The summed E-state index contributed by atoms with van der Waals surface area (Å²) in [6, 6.07) is 27.1. The number of carbonyl (C=O) groups is 1. The van der Waals surface area contributed by atoms with E-state index in [1.165, 1.54) is 12.1 Å². The van der Waals surface area contributed by atoms with Gasteiger partial charge in [0.2, 0.25) is 10.0 Å². The lowest BCUT2D eigenvalue weighted by atomic mass is 9.97. The quantitative estimate of drug-likeness (QED) is 0.111. The van der Waals surface area contributed by atoms with Gasteiger partial charge in [0, 0.05) is 31.5 Å². The summed E-state index contributed by atoms with van der Waals surface area (Å²) in [7, 11) is -3.83. The molecule has 0 aliphatic rings. The van der Waals surface area contributed by atoms with Crippen molar-refractivity contribution in [1.29, 1.82) is 0 Å². The van der Waals surface area contributed by atoms with Crippen molar-refractivity contribution in [2.45, 2.75) is 38.2 Å². The Morgan fingerprint density at radius 3 is 2.07 bits per heavy atom. The minimum atomic E-state index is -4.46. The van der Waals surface area contributed by atoms with Gasteiger partial charge in [-0.05, 0) is 60.0 Å². The van der Waals surface area contributed by atoms with E-state index >= 15 is 0 Å². The van der Waals surface area contributed by atoms with Gasteiger partial charge in [-0.2, -0.15) is 13.2 Å². The monoisotopic (exact) mass is 651 g/mol. The van der Waals surface area contributed by atoms with E-state index in [0.29, 0.717) is 22.4 Å². The predicted molar refractivity (Wildman–Crippen MR) is 175 cm³/mol. The number of allylic oxidation sites excluding steroid dienone is 1. The summed E-state index contributed by atoms with van der Waals surface area (Å²) in [5.74, 6) is -0.651. The maximum atomic E-state index is 13.8. The fourth-order valence-electron chi connectivity index (χ4n) is 5.00. The molecule has 11 heteroatoms. The fourth-order valence-corrected chi connectivity index (χ4v) is 5.99. The van der Waals surface area contributed by atoms with Crippen LogP contribution in [0.2, 0.25) is 0 Å². The van der Waals surface area contributed by atoms with Crippen LogP contribution in [0.4, 0.5) is 24.5 Å². The number of alkyl halides is 3. The molecule has 0 saturated heterocycles. The average Bonchev–Trinajstić information content (AvgIpc) is 2.99. The largest absolute Gasteiger partial charge is 0.416 e. The molecule has 0 fully saturated rings. The number of rotatable bonds is 13. The molecule has 0 aliphatic heterocycles. The third kappa shape index (κ3) is 9.29. The van der Waals surface area contributed by atoms with E-state index in [-0.39, 0.29) is 37.2 Å². The normalized spacial score (nSPS) is 13.1. The first-order valence-corrected chi connectivity index (χ1v) is 16.3. The zero-order valence-electron chi connectivity index (χ0n) is 25.5. The molecule has 4 aromatic rings. The molecule has 0 saturated carbocycles. The number of aliphatic hydroxyl groups is 1. The number of benzene rings is 4. The SMILES string of the molecule is C=C(C)c1cc(C(=O)N[C@@](O)(CCNCc2cccc(C(F)(F)F)c2)Cc2ccccc2)cc(N(c2ccccc2)S(C)(=O)=O)c1. The van der Waals surface area contributed by atoms with Crippen LogP contribution < -0.4 is 14.9 Å². The third-order valence-corrected chi connectivity index (χ3v) is 8.30. The molecule has 0 unspecified atom stereocenters. The molecule has 0 aliphatic carbocycles. The standard InChI is InChI=1S/C35H36F3N3O4S/c1-25(2)28-20-29(22-32(21-28)41(46(3,44)45)31-15-8-5-9-16-31)33(42)40-34(43,23-26-11-6-4-7-12-26)17-18-39-24-27-13-10-14-30(19-27)35(36,37)38/h4-16,19-22,39,43H,1,17-18,23-24H2,2-3H3,(H,40,42)/t34-/m1/s1. The molecular formula is C35H36F3N3O4S. The molecular weight excluding hydrogens is 615 g/mol. The second-order valence-corrected chi connectivity index (χ2v) is 13.0. The van der Waals surface area contributed by atoms with Gasteiger partial charge in [-0.3, -0.25) is 4.79 Å². The molecule has 0 aromatic heterocycles. The number of nitrogens with zero attached hydrogens (tertiary/aromatic N) is 1. The molecule has 3 N–H and O–H groups in total. The fraction of sp³-hybridized carbons (Fsp3) is 0.229. The summed E-state index contributed by atoms with van der Waals surface area (Å²) in [6.07, 6.45) is -3.34. The highest BCUT2D eigenvalue weighted by atomic mass is 32.2. The summed E-state index contributed by atoms with van der Waals surface area (Å²) in [6.45, 7) is 5.97. The number of hydrogen-bond donors (Lipinski definition) is 3. The third-order valence-electron chi connectivity index (χ3n) is 7.21. The minimum absolute atomic E-state index is 0.0130. The second kappa shape index (κ2) is 14.3. The Labute approximate surface area is 267 Å². The molecule has 1 amide bonds. The molecule has 7 nitrogen and oxygen atoms in total. The average molecular weight is 652 g/mol. The lowest BCUT2D eigenvalue weighted by molar-refractivity contribution is -0.137. The number of anilines is 2. The van der Waals surface area contributed by atoms with Gasteiger partial charge in [-0.15, -0.1) is 0 Å². The molecule has 1 atom stereocenters. The van der Waals surface area contributed by atoms with Crippen LogP contribution in [0.5, 0.6) is 0 Å². The van der Waals surface area contributed by atoms with E-state index in [2.05, 4.69) is 17.2 Å². The highest BCUT2D eigenvalue weighted by Gasteiger charge is 2.32. The maximum Gasteiger partial charge on any atom is 0.416 e. The Morgan fingerprint density at radius 2 is 1.46 bits per heavy atom. The second-order valence-electron chi connectivity index (χ2n) is 11.2. The van der Waals surface area contributed by atoms with Crippen molar-refractivity contribution >= 4 is 32.9 Å². The van der Waals surface area contributed by atoms with Crippen molar-refractivity contribution in [1.82, 2.24) is 10.6 Å². The van der Waals surface area contributed by atoms with Crippen molar-refractivity contribution in [3.8, 4) is 0 Å². The minimum Gasteiger partial charge on any atom is -0.371 e. The highest BCUT2D eigenvalue weighted by molar-refractivity contribution is 7.92. The Balaban J connectivity index is 1.60. The first-order chi connectivity index (χ1) is 21.6. The first-order valence-electron chi connectivity index (χ1n) is 14.5. The van der Waals surface area contributed by atoms with Crippen LogP contribution in [0, 0.1) is 0 Å². The molecule has 46 heavy (non-hydrogen) atoms. The van der Waals surface area contributed by atoms with Gasteiger partial charge in [0.15, 0.2) is 0 Å². The maximum absolute atomic E-state index is 13.8. The Morgan fingerprint density at radius 1 is 0.848 bits per heavy atom. The predicted octanol–water partition coefficient (Wildman–Crippen LogP) is 6.68. The molecule has 4 rings (SSSR count). The van der Waals surface area contributed by atoms with Gasteiger partial charge in [0.1, 0.15) is 5.72 Å². The molecule has 0 spiro atoms. The lowest BCUT2D eigenvalue weighted by Gasteiger charge is -2.30. The van der Waals surface area contributed by atoms with Crippen LogP contribution in [0.15, 0.2) is 110 Å². The van der Waals surface area contributed by atoms with Gasteiger partial charge in [-0.25, -0.2) is 12.7 Å². The van der Waals surface area contributed by atoms with Crippen LogP contribution in [-0.4, -0.2) is 38.0 Å². The Kier molecular flexibility index (Phi) is 10.7. The van der Waals surface area contributed by atoms with Crippen molar-refractivity contribution in [2.24, 2.45) is 0 Å². The smallest absolute Gasteiger partial charge is 0.371 e. The van der Waals surface area contributed by atoms with Gasteiger partial charge in [0.05, 0.1) is 23.2 Å². The van der Waals surface area contributed by atoms with E-state index in [1.807, 2.05) is 6.07 Å². The number of halogens is 3. The van der Waals surface area contributed by atoms with Crippen LogP contribution in [0.3, 0.4) is 0 Å². The summed E-state index contributed by atoms with van der Waals surface area (Å²) in [5.41, 5.74) is 0.458. The Bertz CT molecular complexity index is 1780. The zero-order chi connectivity index (χ0) is 33.5. The summed E-state index contributed by atoms with van der Waals surface area (Å²) < 4.78 is 66.4. The van der Waals surface area contributed by atoms with E-state index < -0.39 is 33.4 Å². The van der Waals surface area contributed by atoms with Crippen LogP contribution in [0.1, 0.15) is 46.0 Å². The Hall–Kier alpha value is -4.45. The van der Waals surface area contributed by atoms with E-state index in [1.54, 1.807) is 79.7 Å². The molecule has 0 heterocycles. The summed E-state index contributed by atoms with van der Waals surface area (Å²) in [4.78, 5) is 13.8. The van der Waals surface area contributed by atoms with Crippen molar-refractivity contribution in [3.05, 3.63) is 138 Å². The number of hydrogen-bond acceptors (Lipinski definition) is 5. The van der Waals surface area contributed by atoms with Crippen LogP contribution in [-0.2, 0) is 29.2 Å². The molecule has 0 bridgehead atoms. The summed E-state index contributed by atoms with van der Waals surface area (Å²) in [5, 5.41) is 17.5. The highest BCUT2D eigenvalue weighted by Crippen LogP contribution is 2.32. The van der Waals surface area contributed by atoms with E-state index in [4.69, 9.17) is 0 Å². The number of sulfonamides is 1. The summed E-state index contributed by atoms with van der Waals surface area (Å²) >= 11 is 0. The number of amides is 1. The van der Waals surface area contributed by atoms with Crippen molar-refractivity contribution < 1.29 is 31.5 Å². The van der Waals surface area contributed by atoms with Gasteiger partial charge < -0.3 is 15.7 Å². The van der Waals surface area contributed by atoms with Crippen LogP contribution >= 0.6 is 0 Å². The molecule has 4 aromatic carbocycles. The molecule has 242 valence electrons. The van der Waals surface area contributed by atoms with Gasteiger partial charge >= 0.3 is 6.18 Å². The first kappa shape index (κ1) is 34.4. The number of carbonyl (C=O) groups excluding carboxylic acids is 1. The van der Waals surface area contributed by atoms with Gasteiger partial charge in [-0.1, -0.05) is 78.9 Å². The van der Waals surface area contributed by atoms with Gasteiger partial charge in [0.25, 0.3) is 5.91 Å². The number of nitrogens with one attached hydrogen (secondary N) is 2. The zero-order valence-corrected chi connectivity index (χ0v) is 26.3. The van der Waals surface area contributed by atoms with Crippen LogP contribution in [0.25, 0.3) is 5.57 Å². The van der Waals surface area contributed by atoms with E-state index in [0.717, 1.165) is 28.3 Å². The van der Waals surface area contributed by atoms with E-state index in [9.17, 15) is 31.5 Å².